The summed E-state index contributed by atoms with van der Waals surface area (Å²) in [7, 11) is 0. The molecule has 7 heteroatoms. The van der Waals surface area contributed by atoms with E-state index >= 15 is 0 Å². The summed E-state index contributed by atoms with van der Waals surface area (Å²) in [6, 6.07) is 14.5. The molecule has 2 aromatic rings. The molecule has 5 nitrogen and oxygen atoms in total. The van der Waals surface area contributed by atoms with Gasteiger partial charge >= 0.3 is 0 Å². The fourth-order valence-corrected chi connectivity index (χ4v) is 4.37. The molecule has 2 N–H and O–H groups in total. The van der Waals surface area contributed by atoms with Crippen LogP contribution in [0.4, 0.5) is 0 Å². The monoisotopic (exact) mass is 444 g/mol. The second kappa shape index (κ2) is 9.11. The van der Waals surface area contributed by atoms with Crippen LogP contribution in [0.1, 0.15) is 30.4 Å². The molecule has 3 unspecified atom stereocenters. The van der Waals surface area contributed by atoms with E-state index in [0.717, 1.165) is 11.1 Å². The van der Waals surface area contributed by atoms with Crippen molar-refractivity contribution in [3.8, 4) is 0 Å². The fourth-order valence-electron chi connectivity index (χ4n) is 3.96. The molecule has 30 heavy (non-hydrogen) atoms. The van der Waals surface area contributed by atoms with Gasteiger partial charge < -0.3 is 15.4 Å². The van der Waals surface area contributed by atoms with Crippen LogP contribution < -0.4 is 10.6 Å². The summed E-state index contributed by atoms with van der Waals surface area (Å²) in [5.41, 5.74) is 1.76. The smallest absolute Gasteiger partial charge is 0.286 e. The first-order valence-corrected chi connectivity index (χ1v) is 10.7. The predicted octanol–water partition coefficient (Wildman–Crippen LogP) is 4.33. The Kier molecular flexibility index (Phi) is 6.30. The van der Waals surface area contributed by atoms with E-state index < -0.39 is 0 Å². The van der Waals surface area contributed by atoms with Crippen LogP contribution in [-0.4, -0.2) is 24.0 Å². The van der Waals surface area contributed by atoms with Crippen molar-refractivity contribution in [1.29, 1.82) is 0 Å². The van der Waals surface area contributed by atoms with Gasteiger partial charge in [0.15, 0.2) is 5.76 Å². The molecule has 0 aromatic heterocycles. The third-order valence-corrected chi connectivity index (χ3v) is 5.95. The number of carbonyl (C=O) groups excluding carboxylic acids is 2. The summed E-state index contributed by atoms with van der Waals surface area (Å²) in [6.07, 6.45) is 3.53. The Morgan fingerprint density at radius 1 is 1.13 bits per heavy atom. The molecule has 0 bridgehead atoms. The van der Waals surface area contributed by atoms with Crippen LogP contribution in [-0.2, 0) is 20.9 Å². The summed E-state index contributed by atoms with van der Waals surface area (Å²) in [4.78, 5) is 25.1. The molecule has 0 radical (unpaired) electrons. The molecule has 2 aliphatic rings. The summed E-state index contributed by atoms with van der Waals surface area (Å²) >= 11 is 12.0. The highest BCUT2D eigenvalue weighted by Crippen LogP contribution is 2.31. The Labute approximate surface area is 185 Å². The van der Waals surface area contributed by atoms with Crippen LogP contribution >= 0.6 is 23.2 Å². The Morgan fingerprint density at radius 3 is 2.67 bits per heavy atom. The molecule has 2 fully saturated rings. The fraction of sp³-hybridized carbons (Fsp3) is 0.304. The number of halogens is 2. The Bertz CT molecular complexity index is 992. The summed E-state index contributed by atoms with van der Waals surface area (Å²) in [5, 5.41) is 7.23. The predicted molar refractivity (Wildman–Crippen MR) is 117 cm³/mol. The number of morpholine rings is 1. The molecule has 1 aliphatic carbocycles. The topological polar surface area (TPSA) is 67.4 Å². The van der Waals surface area contributed by atoms with Gasteiger partial charge in [-0.3, -0.25) is 9.59 Å². The number of benzene rings is 2. The standard InChI is InChI=1S/C23H22Cl2N2O3/c24-17-5-1-3-14(9-17)11-21-23(29)27-19-12-16(7-8-20(19)30-21)22(28)26-13-15-4-2-6-18(25)10-15/h1-6,9-11,16,19-20H,7-8,12-13H2,(H,26,28)(H,27,29)/b21-11-. The SMILES string of the molecule is O=C1NC2CC(C(=O)NCc3cccc(Cl)c3)CCC2O/C1=C\c1cccc(Cl)c1. The van der Waals surface area contributed by atoms with Crippen molar-refractivity contribution < 1.29 is 14.3 Å². The Morgan fingerprint density at radius 2 is 1.90 bits per heavy atom. The summed E-state index contributed by atoms with van der Waals surface area (Å²) in [5.74, 6) is -0.158. The molecule has 1 saturated heterocycles. The number of fused-ring (bicyclic) bond motifs is 1. The summed E-state index contributed by atoms with van der Waals surface area (Å²) < 4.78 is 5.98. The van der Waals surface area contributed by atoms with E-state index in [9.17, 15) is 9.59 Å². The average molecular weight is 445 g/mol. The first-order chi connectivity index (χ1) is 14.5. The highest BCUT2D eigenvalue weighted by molar-refractivity contribution is 6.31. The van der Waals surface area contributed by atoms with E-state index in [4.69, 9.17) is 27.9 Å². The van der Waals surface area contributed by atoms with Gasteiger partial charge in [-0.25, -0.2) is 0 Å². The molecular formula is C23H22Cl2N2O3. The highest BCUT2D eigenvalue weighted by atomic mass is 35.5. The molecule has 0 spiro atoms. The Balaban J connectivity index is 1.35. The van der Waals surface area contributed by atoms with Crippen LogP contribution in [0.25, 0.3) is 6.08 Å². The maximum absolute atomic E-state index is 12.6. The first-order valence-electron chi connectivity index (χ1n) is 9.95. The van der Waals surface area contributed by atoms with Crippen molar-refractivity contribution in [1.82, 2.24) is 10.6 Å². The van der Waals surface area contributed by atoms with Gasteiger partial charge in [0, 0.05) is 22.5 Å². The number of rotatable bonds is 4. The van der Waals surface area contributed by atoms with Gasteiger partial charge in [0.1, 0.15) is 6.10 Å². The second-order valence-electron chi connectivity index (χ2n) is 7.66. The minimum absolute atomic E-state index is 0.0112. The van der Waals surface area contributed by atoms with Gasteiger partial charge in [0.05, 0.1) is 6.04 Å². The second-order valence-corrected chi connectivity index (χ2v) is 8.53. The van der Waals surface area contributed by atoms with E-state index in [1.54, 1.807) is 24.3 Å². The van der Waals surface area contributed by atoms with Crippen molar-refractivity contribution in [2.24, 2.45) is 5.92 Å². The zero-order valence-corrected chi connectivity index (χ0v) is 17.7. The highest BCUT2D eigenvalue weighted by Gasteiger charge is 2.40. The lowest BCUT2D eigenvalue weighted by Gasteiger charge is -2.39. The quantitative estimate of drug-likeness (QED) is 0.689. The molecule has 3 atom stereocenters. The maximum Gasteiger partial charge on any atom is 0.286 e. The molecule has 1 heterocycles. The minimum atomic E-state index is -0.267. The lowest BCUT2D eigenvalue weighted by atomic mass is 9.82. The number of amides is 2. The van der Waals surface area contributed by atoms with Crippen LogP contribution in [0.3, 0.4) is 0 Å². The molecular weight excluding hydrogens is 423 g/mol. The van der Waals surface area contributed by atoms with Crippen molar-refractivity contribution in [3.05, 3.63) is 75.5 Å². The number of hydrogen-bond donors (Lipinski definition) is 2. The third kappa shape index (κ3) is 4.97. The molecule has 1 aliphatic heterocycles. The lowest BCUT2D eigenvalue weighted by Crippen LogP contribution is -2.54. The maximum atomic E-state index is 12.6. The van der Waals surface area contributed by atoms with Crippen LogP contribution in [0.5, 0.6) is 0 Å². The normalized spacial score (nSPS) is 24.5. The average Bonchev–Trinajstić information content (AvgIpc) is 2.72. The molecule has 2 amide bonds. The zero-order valence-electron chi connectivity index (χ0n) is 16.2. The molecule has 1 saturated carbocycles. The lowest BCUT2D eigenvalue weighted by molar-refractivity contribution is -0.134. The first kappa shape index (κ1) is 20.8. The van der Waals surface area contributed by atoms with Gasteiger partial charge in [0.2, 0.25) is 5.91 Å². The van der Waals surface area contributed by atoms with Crippen LogP contribution in [0, 0.1) is 5.92 Å². The molecule has 156 valence electrons. The van der Waals surface area contributed by atoms with Crippen LogP contribution in [0.15, 0.2) is 54.3 Å². The van der Waals surface area contributed by atoms with Gasteiger partial charge in [-0.1, -0.05) is 47.5 Å². The largest absolute Gasteiger partial charge is 0.483 e. The van der Waals surface area contributed by atoms with Gasteiger partial charge in [-0.05, 0) is 60.7 Å². The van der Waals surface area contributed by atoms with Crippen LogP contribution in [0.2, 0.25) is 10.0 Å². The third-order valence-electron chi connectivity index (χ3n) is 5.48. The number of nitrogens with one attached hydrogen (secondary N) is 2. The van der Waals surface area contributed by atoms with E-state index in [1.165, 1.54) is 0 Å². The zero-order chi connectivity index (χ0) is 21.1. The van der Waals surface area contributed by atoms with E-state index in [1.807, 2.05) is 30.3 Å². The number of carbonyl (C=O) groups is 2. The Hall–Kier alpha value is -2.50. The molecule has 2 aromatic carbocycles. The van der Waals surface area contributed by atoms with E-state index in [2.05, 4.69) is 10.6 Å². The van der Waals surface area contributed by atoms with Gasteiger partial charge in [-0.2, -0.15) is 0 Å². The molecule has 4 rings (SSSR count). The van der Waals surface area contributed by atoms with Crippen molar-refractivity contribution in [2.45, 2.75) is 38.0 Å². The van der Waals surface area contributed by atoms with Gasteiger partial charge in [0.25, 0.3) is 5.91 Å². The minimum Gasteiger partial charge on any atom is -0.483 e. The van der Waals surface area contributed by atoms with Crippen molar-refractivity contribution >= 4 is 41.1 Å². The van der Waals surface area contributed by atoms with Crippen molar-refractivity contribution in [3.63, 3.8) is 0 Å². The van der Waals surface area contributed by atoms with E-state index in [-0.39, 0.29) is 35.6 Å². The number of hydrogen-bond acceptors (Lipinski definition) is 3. The van der Waals surface area contributed by atoms with Crippen molar-refractivity contribution in [2.75, 3.05) is 0 Å². The number of ether oxygens (including phenoxy) is 1. The summed E-state index contributed by atoms with van der Waals surface area (Å²) in [6.45, 7) is 0.430. The van der Waals surface area contributed by atoms with Gasteiger partial charge in [-0.15, -0.1) is 0 Å². The van der Waals surface area contributed by atoms with E-state index in [0.29, 0.717) is 35.9 Å².